The van der Waals surface area contributed by atoms with Gasteiger partial charge in [0, 0.05) is 6.42 Å². The minimum atomic E-state index is -1.93. The predicted octanol–water partition coefficient (Wildman–Crippen LogP) is 8.57. The van der Waals surface area contributed by atoms with E-state index in [1.165, 1.54) is 70.6 Å². The summed E-state index contributed by atoms with van der Waals surface area (Å²) >= 11 is 0. The molecular formula is C24H48O2Si. The SMILES string of the molecule is CCCCCCCC/C=C\CCCCCCCC(=O)O[Si](C)(C)C(C)(C)C. The quantitative estimate of drug-likeness (QED) is 0.148. The molecule has 0 radical (unpaired) electrons. The second-order valence-corrected chi connectivity index (χ2v) is 14.3. The molecule has 0 aromatic heterocycles. The van der Waals surface area contributed by atoms with Crippen molar-refractivity contribution in [1.82, 2.24) is 0 Å². The van der Waals surface area contributed by atoms with Crippen molar-refractivity contribution in [2.45, 2.75) is 136 Å². The van der Waals surface area contributed by atoms with Crippen molar-refractivity contribution in [3.63, 3.8) is 0 Å². The first-order valence-electron chi connectivity index (χ1n) is 11.6. The minimum Gasteiger partial charge on any atom is -0.519 e. The van der Waals surface area contributed by atoms with E-state index in [-0.39, 0.29) is 11.0 Å². The lowest BCUT2D eigenvalue weighted by Crippen LogP contribution is -2.42. The summed E-state index contributed by atoms with van der Waals surface area (Å²) in [6.07, 6.45) is 22.0. The van der Waals surface area contributed by atoms with E-state index in [0.29, 0.717) is 6.42 Å². The first kappa shape index (κ1) is 26.4. The molecule has 27 heavy (non-hydrogen) atoms. The second kappa shape index (κ2) is 15.4. The molecule has 0 aliphatic carbocycles. The van der Waals surface area contributed by atoms with Crippen molar-refractivity contribution in [3.8, 4) is 0 Å². The maximum Gasteiger partial charge on any atom is 0.292 e. The summed E-state index contributed by atoms with van der Waals surface area (Å²) in [4.78, 5) is 12.0. The van der Waals surface area contributed by atoms with E-state index in [1.807, 2.05) is 0 Å². The van der Waals surface area contributed by atoms with E-state index in [9.17, 15) is 4.79 Å². The average molecular weight is 397 g/mol. The minimum absolute atomic E-state index is 0.0132. The van der Waals surface area contributed by atoms with E-state index in [4.69, 9.17) is 4.43 Å². The highest BCUT2D eigenvalue weighted by Crippen LogP contribution is 2.36. The maximum absolute atomic E-state index is 12.0. The van der Waals surface area contributed by atoms with E-state index < -0.39 is 8.32 Å². The zero-order valence-electron chi connectivity index (χ0n) is 19.4. The number of hydrogen-bond acceptors (Lipinski definition) is 2. The molecule has 0 amide bonds. The Kier molecular flexibility index (Phi) is 15.0. The molecule has 2 nitrogen and oxygen atoms in total. The molecule has 0 saturated heterocycles. The molecule has 160 valence electrons. The molecule has 0 saturated carbocycles. The third-order valence-corrected chi connectivity index (χ3v) is 10.2. The summed E-state index contributed by atoms with van der Waals surface area (Å²) in [6.45, 7) is 13.1. The molecule has 0 fully saturated rings. The van der Waals surface area contributed by atoms with Crippen LogP contribution in [-0.2, 0) is 9.22 Å². The first-order chi connectivity index (χ1) is 12.7. The molecule has 3 heteroatoms. The van der Waals surface area contributed by atoms with Crippen LogP contribution in [0.25, 0.3) is 0 Å². The molecule has 0 bridgehead atoms. The van der Waals surface area contributed by atoms with Gasteiger partial charge in [-0.25, -0.2) is 0 Å². The highest BCUT2D eigenvalue weighted by Gasteiger charge is 2.40. The topological polar surface area (TPSA) is 26.3 Å². The van der Waals surface area contributed by atoms with Gasteiger partial charge in [0.1, 0.15) is 0 Å². The van der Waals surface area contributed by atoms with Crippen LogP contribution in [0.3, 0.4) is 0 Å². The lowest BCUT2D eigenvalue weighted by atomic mass is 10.1. The Bertz CT molecular complexity index is 394. The van der Waals surface area contributed by atoms with Crippen LogP contribution in [0.4, 0.5) is 0 Å². The Balaban J connectivity index is 3.47. The van der Waals surface area contributed by atoms with Crippen LogP contribution in [0.15, 0.2) is 12.2 Å². The molecule has 0 heterocycles. The van der Waals surface area contributed by atoms with Crippen molar-refractivity contribution >= 4 is 14.3 Å². The summed E-state index contributed by atoms with van der Waals surface area (Å²) in [5.41, 5.74) is 0. The van der Waals surface area contributed by atoms with Crippen LogP contribution < -0.4 is 0 Å². The van der Waals surface area contributed by atoms with Crippen LogP contribution >= 0.6 is 0 Å². The van der Waals surface area contributed by atoms with Crippen molar-refractivity contribution in [2.24, 2.45) is 0 Å². The molecule has 0 aliphatic rings. The Morgan fingerprint density at radius 2 is 1.22 bits per heavy atom. The lowest BCUT2D eigenvalue weighted by molar-refractivity contribution is -0.135. The van der Waals surface area contributed by atoms with E-state index >= 15 is 0 Å². The molecule has 0 aromatic rings. The van der Waals surface area contributed by atoms with E-state index in [2.05, 4.69) is 52.9 Å². The van der Waals surface area contributed by atoms with Gasteiger partial charge in [-0.15, -0.1) is 0 Å². The second-order valence-electron chi connectivity index (χ2n) is 9.57. The highest BCUT2D eigenvalue weighted by molar-refractivity contribution is 6.75. The molecule has 0 unspecified atom stereocenters. The van der Waals surface area contributed by atoms with Crippen molar-refractivity contribution in [1.29, 1.82) is 0 Å². The van der Waals surface area contributed by atoms with Gasteiger partial charge in [-0.3, -0.25) is 4.79 Å². The van der Waals surface area contributed by atoms with Gasteiger partial charge in [0.2, 0.25) is 0 Å². The van der Waals surface area contributed by atoms with Gasteiger partial charge in [0.25, 0.3) is 14.3 Å². The standard InChI is InChI=1S/C24H48O2Si/c1-7-8-9-10-11-12-13-14-15-16-17-18-19-20-21-22-23(25)26-27(5,6)24(2,3)4/h14-15H,7-13,16-22H2,1-6H3/b15-14-. The zero-order valence-corrected chi connectivity index (χ0v) is 20.4. The number of carbonyl (C=O) groups excluding carboxylic acids is 1. The molecule has 0 N–H and O–H groups in total. The van der Waals surface area contributed by atoms with Crippen LogP contribution in [0.2, 0.25) is 18.1 Å². The fourth-order valence-electron chi connectivity index (χ4n) is 2.83. The van der Waals surface area contributed by atoms with Crippen LogP contribution in [-0.4, -0.2) is 14.3 Å². The third-order valence-electron chi connectivity index (χ3n) is 5.82. The summed E-state index contributed by atoms with van der Waals surface area (Å²) in [5, 5.41) is 0.102. The molecule has 0 atom stereocenters. The van der Waals surface area contributed by atoms with Crippen LogP contribution in [0, 0.1) is 0 Å². The lowest BCUT2D eigenvalue weighted by Gasteiger charge is -2.35. The average Bonchev–Trinajstić information content (AvgIpc) is 2.57. The zero-order chi connectivity index (χ0) is 20.6. The summed E-state index contributed by atoms with van der Waals surface area (Å²) in [5.74, 6) is 0.0132. The summed E-state index contributed by atoms with van der Waals surface area (Å²) < 4.78 is 5.81. The predicted molar refractivity (Wildman–Crippen MR) is 123 cm³/mol. The Hall–Kier alpha value is -0.573. The van der Waals surface area contributed by atoms with Gasteiger partial charge in [-0.2, -0.15) is 0 Å². The van der Waals surface area contributed by atoms with Gasteiger partial charge in [0.05, 0.1) is 0 Å². The number of hydrogen-bond donors (Lipinski definition) is 0. The van der Waals surface area contributed by atoms with Gasteiger partial charge < -0.3 is 4.43 Å². The van der Waals surface area contributed by atoms with Crippen molar-refractivity contribution in [3.05, 3.63) is 12.2 Å². The Morgan fingerprint density at radius 3 is 1.70 bits per heavy atom. The number of unbranched alkanes of at least 4 members (excludes halogenated alkanes) is 11. The summed E-state index contributed by atoms with van der Waals surface area (Å²) in [7, 11) is -1.93. The number of allylic oxidation sites excluding steroid dienone is 2. The van der Waals surface area contributed by atoms with Gasteiger partial charge in [0.15, 0.2) is 0 Å². The van der Waals surface area contributed by atoms with Gasteiger partial charge in [-0.05, 0) is 50.2 Å². The summed E-state index contributed by atoms with van der Waals surface area (Å²) in [6, 6.07) is 0. The largest absolute Gasteiger partial charge is 0.519 e. The molecule has 0 rings (SSSR count). The molecule has 0 aromatic carbocycles. The van der Waals surface area contributed by atoms with Gasteiger partial charge in [-0.1, -0.05) is 91.2 Å². The fourth-order valence-corrected chi connectivity index (χ4v) is 3.81. The van der Waals surface area contributed by atoms with Crippen LogP contribution in [0.1, 0.15) is 118 Å². The molecule has 0 spiro atoms. The molecule has 0 aliphatic heterocycles. The van der Waals surface area contributed by atoms with Crippen molar-refractivity contribution in [2.75, 3.05) is 0 Å². The third kappa shape index (κ3) is 15.1. The fraction of sp³-hybridized carbons (Fsp3) is 0.875. The van der Waals surface area contributed by atoms with Gasteiger partial charge >= 0.3 is 0 Å². The monoisotopic (exact) mass is 396 g/mol. The van der Waals surface area contributed by atoms with E-state index in [0.717, 1.165) is 12.8 Å². The first-order valence-corrected chi connectivity index (χ1v) is 14.5. The number of rotatable bonds is 16. The van der Waals surface area contributed by atoms with Crippen LogP contribution in [0.5, 0.6) is 0 Å². The Morgan fingerprint density at radius 1 is 0.778 bits per heavy atom. The van der Waals surface area contributed by atoms with E-state index in [1.54, 1.807) is 0 Å². The normalized spacial score (nSPS) is 12.7. The maximum atomic E-state index is 12.0. The Labute approximate surface area is 171 Å². The van der Waals surface area contributed by atoms with Crippen molar-refractivity contribution < 1.29 is 9.22 Å². The molecular weight excluding hydrogens is 348 g/mol. The smallest absolute Gasteiger partial charge is 0.292 e. The highest BCUT2D eigenvalue weighted by atomic mass is 28.4. The number of carbonyl (C=O) groups is 1.